The number of allylic oxidation sites excluding steroid dienone is 3. The minimum absolute atomic E-state index is 0.0133. The molecule has 0 aromatic heterocycles. The number of carboxylic acid groups (broad SMARTS) is 1. The van der Waals surface area contributed by atoms with Crippen molar-refractivity contribution >= 4 is 11.8 Å². The van der Waals surface area contributed by atoms with E-state index in [0.29, 0.717) is 6.42 Å². The van der Waals surface area contributed by atoms with Gasteiger partial charge in [0.2, 0.25) is 0 Å². The van der Waals surface area contributed by atoms with Crippen LogP contribution in [0, 0.1) is 11.8 Å². The van der Waals surface area contributed by atoms with E-state index in [9.17, 15) is 14.7 Å². The highest BCUT2D eigenvalue weighted by molar-refractivity contribution is 5.94. The van der Waals surface area contributed by atoms with Gasteiger partial charge in [-0.1, -0.05) is 50.8 Å². The Kier molecular flexibility index (Phi) is 8.75. The van der Waals surface area contributed by atoms with Crippen molar-refractivity contribution in [2.75, 3.05) is 0 Å². The van der Waals surface area contributed by atoms with Crippen LogP contribution in [0.15, 0.2) is 24.3 Å². The number of ketones is 1. The average molecular weight is 308 g/mol. The molecule has 0 spiro atoms. The second-order valence-electron chi connectivity index (χ2n) is 6.01. The average Bonchev–Trinajstić information content (AvgIpc) is 2.84. The second kappa shape index (κ2) is 10.3. The summed E-state index contributed by atoms with van der Waals surface area (Å²) in [6.45, 7) is 1.92. The first-order chi connectivity index (χ1) is 10.5. The van der Waals surface area contributed by atoms with E-state index in [-0.39, 0.29) is 24.0 Å². The zero-order chi connectivity index (χ0) is 16.4. The number of aliphatic carboxylic acids is 1. The molecular weight excluding hydrogens is 280 g/mol. The number of carbonyl (C=O) groups is 2. The maximum Gasteiger partial charge on any atom is 0.303 e. The van der Waals surface area contributed by atoms with Gasteiger partial charge in [-0.05, 0) is 25.3 Å². The van der Waals surface area contributed by atoms with Gasteiger partial charge >= 0.3 is 5.97 Å². The molecule has 124 valence electrons. The Bertz CT molecular complexity index is 411. The molecule has 3 atom stereocenters. The first-order valence-corrected chi connectivity index (χ1v) is 8.34. The molecule has 22 heavy (non-hydrogen) atoms. The van der Waals surface area contributed by atoms with E-state index < -0.39 is 12.1 Å². The van der Waals surface area contributed by atoms with Crippen molar-refractivity contribution in [1.29, 1.82) is 0 Å². The minimum atomic E-state index is -0.730. The quantitative estimate of drug-likeness (QED) is 0.452. The van der Waals surface area contributed by atoms with Gasteiger partial charge in [-0.3, -0.25) is 9.59 Å². The largest absolute Gasteiger partial charge is 0.481 e. The van der Waals surface area contributed by atoms with Crippen molar-refractivity contribution in [3.8, 4) is 0 Å². The van der Waals surface area contributed by atoms with Gasteiger partial charge in [0.1, 0.15) is 0 Å². The molecule has 2 N–H and O–H groups in total. The van der Waals surface area contributed by atoms with Crippen LogP contribution in [0.4, 0.5) is 0 Å². The molecular formula is C18H28O4. The Morgan fingerprint density at radius 1 is 1.27 bits per heavy atom. The Labute approximate surface area is 132 Å². The van der Waals surface area contributed by atoms with E-state index in [1.165, 1.54) is 0 Å². The topological polar surface area (TPSA) is 74.6 Å². The monoisotopic (exact) mass is 308 g/mol. The highest BCUT2D eigenvalue weighted by Gasteiger charge is 2.27. The van der Waals surface area contributed by atoms with E-state index in [1.54, 1.807) is 12.2 Å². The number of aliphatic hydroxyl groups is 1. The smallest absolute Gasteiger partial charge is 0.303 e. The standard InChI is InChI=1S/C18H28O4/c1-2-15(19)12-10-14-11-13-17(20)16(14)8-6-4-3-5-7-9-18(21)22/h10-16,19H,2-9H2,1H3,(H,21,22)/b12-10+/t14-,15+,16-/m0/s1. The fraction of sp³-hybridized carbons (Fsp3) is 0.667. The number of hydrogen-bond donors (Lipinski definition) is 2. The van der Waals surface area contributed by atoms with Crippen LogP contribution in [-0.4, -0.2) is 28.1 Å². The van der Waals surface area contributed by atoms with Gasteiger partial charge in [-0.25, -0.2) is 0 Å². The lowest BCUT2D eigenvalue weighted by Gasteiger charge is -2.15. The molecule has 0 fully saturated rings. The van der Waals surface area contributed by atoms with Crippen LogP contribution in [0.1, 0.15) is 58.3 Å². The van der Waals surface area contributed by atoms with Crippen LogP contribution in [0.5, 0.6) is 0 Å². The van der Waals surface area contributed by atoms with Crippen LogP contribution < -0.4 is 0 Å². The van der Waals surface area contributed by atoms with E-state index in [4.69, 9.17) is 5.11 Å². The summed E-state index contributed by atoms with van der Waals surface area (Å²) in [5, 5.41) is 18.1. The van der Waals surface area contributed by atoms with Crippen LogP contribution in [-0.2, 0) is 9.59 Å². The molecule has 1 rings (SSSR count). The summed E-state index contributed by atoms with van der Waals surface area (Å²) in [5.41, 5.74) is 0. The summed E-state index contributed by atoms with van der Waals surface area (Å²) >= 11 is 0. The van der Waals surface area contributed by atoms with E-state index in [2.05, 4.69) is 0 Å². The fourth-order valence-electron chi connectivity index (χ4n) is 2.75. The van der Waals surface area contributed by atoms with E-state index >= 15 is 0 Å². The molecule has 0 saturated heterocycles. The summed E-state index contributed by atoms with van der Waals surface area (Å²) in [7, 11) is 0. The maximum atomic E-state index is 11.9. The first kappa shape index (κ1) is 18.6. The van der Waals surface area contributed by atoms with Gasteiger partial charge in [0.15, 0.2) is 5.78 Å². The predicted molar refractivity (Wildman–Crippen MR) is 86.5 cm³/mol. The summed E-state index contributed by atoms with van der Waals surface area (Å²) in [6, 6.07) is 0. The summed E-state index contributed by atoms with van der Waals surface area (Å²) in [5.74, 6) is -0.418. The first-order valence-electron chi connectivity index (χ1n) is 8.34. The minimum Gasteiger partial charge on any atom is -0.481 e. The SMILES string of the molecule is CC[C@@H](O)/C=C/[C@H]1C=CC(=O)[C@H]1CCCCCCCC(=O)O. The number of carbonyl (C=O) groups excluding carboxylic acids is 1. The Balaban J connectivity index is 2.23. The van der Waals surface area contributed by atoms with Crippen molar-refractivity contribution < 1.29 is 19.8 Å². The predicted octanol–water partition coefficient (Wildman–Crippen LogP) is 3.50. The van der Waals surface area contributed by atoms with Gasteiger partial charge in [0.05, 0.1) is 6.10 Å². The lowest BCUT2D eigenvalue weighted by Crippen LogP contribution is -2.15. The number of unbranched alkanes of at least 4 members (excludes halogenated alkanes) is 4. The number of rotatable bonds is 11. The van der Waals surface area contributed by atoms with Gasteiger partial charge in [0, 0.05) is 18.3 Å². The number of aliphatic hydroxyl groups excluding tert-OH is 1. The summed E-state index contributed by atoms with van der Waals surface area (Å²) in [6.07, 6.45) is 13.4. The highest BCUT2D eigenvalue weighted by atomic mass is 16.4. The van der Waals surface area contributed by atoms with Gasteiger partial charge in [-0.15, -0.1) is 0 Å². The zero-order valence-corrected chi connectivity index (χ0v) is 13.4. The molecule has 0 heterocycles. The highest BCUT2D eigenvalue weighted by Crippen LogP contribution is 2.29. The van der Waals surface area contributed by atoms with Crippen molar-refractivity contribution in [2.45, 2.75) is 64.4 Å². The third-order valence-corrected chi connectivity index (χ3v) is 4.19. The molecule has 0 unspecified atom stereocenters. The van der Waals surface area contributed by atoms with E-state index in [1.807, 2.05) is 19.1 Å². The fourth-order valence-corrected chi connectivity index (χ4v) is 2.75. The number of hydrogen-bond acceptors (Lipinski definition) is 3. The van der Waals surface area contributed by atoms with Crippen molar-refractivity contribution in [1.82, 2.24) is 0 Å². The summed E-state index contributed by atoms with van der Waals surface area (Å²) in [4.78, 5) is 22.3. The van der Waals surface area contributed by atoms with Gasteiger partial charge in [0.25, 0.3) is 0 Å². The normalized spacial score (nSPS) is 22.5. The molecule has 1 aliphatic rings. The Morgan fingerprint density at radius 3 is 2.64 bits per heavy atom. The lowest BCUT2D eigenvalue weighted by molar-refractivity contribution is -0.137. The van der Waals surface area contributed by atoms with Crippen LogP contribution in [0.2, 0.25) is 0 Å². The molecule has 4 heteroatoms. The lowest BCUT2D eigenvalue weighted by atomic mass is 9.88. The molecule has 1 aliphatic carbocycles. The van der Waals surface area contributed by atoms with Crippen LogP contribution in [0.25, 0.3) is 0 Å². The third kappa shape index (κ3) is 7.03. The molecule has 0 saturated carbocycles. The maximum absolute atomic E-state index is 11.9. The molecule has 0 aliphatic heterocycles. The van der Waals surface area contributed by atoms with Crippen LogP contribution >= 0.6 is 0 Å². The van der Waals surface area contributed by atoms with Crippen molar-refractivity contribution in [3.63, 3.8) is 0 Å². The summed E-state index contributed by atoms with van der Waals surface area (Å²) < 4.78 is 0. The molecule has 0 radical (unpaired) electrons. The van der Waals surface area contributed by atoms with Gasteiger partial charge < -0.3 is 10.2 Å². The van der Waals surface area contributed by atoms with Crippen molar-refractivity contribution in [2.24, 2.45) is 11.8 Å². The van der Waals surface area contributed by atoms with Crippen molar-refractivity contribution in [3.05, 3.63) is 24.3 Å². The van der Waals surface area contributed by atoms with Crippen LogP contribution in [0.3, 0.4) is 0 Å². The third-order valence-electron chi connectivity index (χ3n) is 4.19. The molecule has 0 aromatic rings. The molecule has 0 amide bonds. The number of carboxylic acids is 1. The Hall–Kier alpha value is -1.42. The van der Waals surface area contributed by atoms with Gasteiger partial charge in [-0.2, -0.15) is 0 Å². The zero-order valence-electron chi connectivity index (χ0n) is 13.4. The van der Waals surface area contributed by atoms with E-state index in [0.717, 1.165) is 38.5 Å². The molecule has 4 nitrogen and oxygen atoms in total. The second-order valence-corrected chi connectivity index (χ2v) is 6.01. The molecule has 0 bridgehead atoms. The Morgan fingerprint density at radius 2 is 1.95 bits per heavy atom. The molecule has 0 aromatic carbocycles.